The largest absolute Gasteiger partial charge is 0.356 e. The van der Waals surface area contributed by atoms with Crippen LogP contribution < -0.4 is 10.6 Å². The molecular formula is C21H32N6O. The molecular weight excluding hydrogens is 352 g/mol. The third-order valence-electron chi connectivity index (χ3n) is 4.22. The molecule has 0 bridgehead atoms. The third-order valence-corrected chi connectivity index (χ3v) is 4.22. The van der Waals surface area contributed by atoms with Gasteiger partial charge in [-0.05, 0) is 37.5 Å². The number of carbonyl (C=O) groups is 1. The van der Waals surface area contributed by atoms with Gasteiger partial charge < -0.3 is 15.5 Å². The molecule has 1 amide bonds. The maximum absolute atomic E-state index is 11.9. The van der Waals surface area contributed by atoms with Gasteiger partial charge in [-0.25, -0.2) is 9.67 Å². The minimum atomic E-state index is 0.00193. The van der Waals surface area contributed by atoms with E-state index in [1.54, 1.807) is 19.0 Å². The van der Waals surface area contributed by atoms with Crippen molar-refractivity contribution in [3.8, 4) is 5.69 Å². The second-order valence-electron chi connectivity index (χ2n) is 7.55. The van der Waals surface area contributed by atoms with E-state index in [9.17, 15) is 4.79 Å². The van der Waals surface area contributed by atoms with Gasteiger partial charge in [0.2, 0.25) is 5.91 Å². The van der Waals surface area contributed by atoms with E-state index in [1.807, 2.05) is 30.7 Å². The second kappa shape index (κ2) is 9.92. The normalized spacial score (nSPS) is 11.6. The van der Waals surface area contributed by atoms with Gasteiger partial charge in [0.25, 0.3) is 0 Å². The van der Waals surface area contributed by atoms with Crippen molar-refractivity contribution in [1.29, 1.82) is 0 Å². The van der Waals surface area contributed by atoms with Gasteiger partial charge in [-0.1, -0.05) is 32.0 Å². The lowest BCUT2D eigenvalue weighted by Crippen LogP contribution is -2.44. The van der Waals surface area contributed by atoms with E-state index in [-0.39, 0.29) is 12.5 Å². The number of nitrogens with one attached hydrogen (secondary N) is 2. The van der Waals surface area contributed by atoms with Crippen LogP contribution in [0.15, 0.2) is 35.3 Å². The second-order valence-corrected chi connectivity index (χ2v) is 7.55. The molecule has 0 radical (unpaired) electrons. The number of aromatic nitrogens is 2. The van der Waals surface area contributed by atoms with E-state index in [4.69, 9.17) is 4.99 Å². The summed E-state index contributed by atoms with van der Waals surface area (Å²) < 4.78 is 1.95. The Morgan fingerprint density at radius 3 is 2.54 bits per heavy atom. The van der Waals surface area contributed by atoms with E-state index >= 15 is 0 Å². The fourth-order valence-electron chi connectivity index (χ4n) is 2.68. The fourth-order valence-corrected chi connectivity index (χ4v) is 2.68. The van der Waals surface area contributed by atoms with E-state index in [2.05, 4.69) is 47.8 Å². The first-order valence-electron chi connectivity index (χ1n) is 9.61. The van der Waals surface area contributed by atoms with Crippen molar-refractivity contribution in [3.05, 3.63) is 47.3 Å². The lowest BCUT2D eigenvalue weighted by molar-refractivity contribution is -0.127. The number of aryl methyl sites for hydroxylation is 2. The molecule has 2 aromatic rings. The van der Waals surface area contributed by atoms with Crippen molar-refractivity contribution in [2.45, 2.75) is 34.2 Å². The molecule has 1 aromatic carbocycles. The summed E-state index contributed by atoms with van der Waals surface area (Å²) in [5, 5.41) is 11.0. The Balaban J connectivity index is 2.21. The minimum Gasteiger partial charge on any atom is -0.356 e. The van der Waals surface area contributed by atoms with Gasteiger partial charge in [0.05, 0.1) is 24.5 Å². The number of carbonyl (C=O) groups excluding carboxylic acids is 1. The number of benzene rings is 1. The highest BCUT2D eigenvalue weighted by atomic mass is 16.2. The molecule has 0 unspecified atom stereocenters. The zero-order valence-corrected chi connectivity index (χ0v) is 17.8. The number of guanidine groups is 1. The summed E-state index contributed by atoms with van der Waals surface area (Å²) in [6, 6.07) is 10.2. The first-order valence-corrected chi connectivity index (χ1v) is 9.61. The summed E-state index contributed by atoms with van der Waals surface area (Å²) in [5.74, 6) is 1.10. The van der Waals surface area contributed by atoms with Gasteiger partial charge in [0.15, 0.2) is 5.96 Å². The minimum absolute atomic E-state index is 0.00193. The SMILES string of the molecule is Cc1cc(C)n(-c2ccccc2CN=C(NCC(=O)N(C)C)NCC(C)C)n1. The van der Waals surface area contributed by atoms with Crippen LogP contribution in [-0.4, -0.2) is 53.7 Å². The average Bonchev–Trinajstić information content (AvgIpc) is 2.98. The van der Waals surface area contributed by atoms with Gasteiger partial charge in [0.1, 0.15) is 0 Å². The molecule has 0 aliphatic carbocycles. The summed E-state index contributed by atoms with van der Waals surface area (Å²) >= 11 is 0. The van der Waals surface area contributed by atoms with Gasteiger partial charge in [-0.3, -0.25) is 4.79 Å². The topological polar surface area (TPSA) is 74.6 Å². The number of para-hydroxylation sites is 1. The number of rotatable bonds is 7. The number of hydrogen-bond donors (Lipinski definition) is 2. The lowest BCUT2D eigenvalue weighted by Gasteiger charge is -2.16. The number of hydrogen-bond acceptors (Lipinski definition) is 3. The predicted molar refractivity (Wildman–Crippen MR) is 114 cm³/mol. The maximum atomic E-state index is 11.9. The highest BCUT2D eigenvalue weighted by Gasteiger charge is 2.10. The first kappa shape index (κ1) is 21.5. The Bertz CT molecular complexity index is 822. The lowest BCUT2D eigenvalue weighted by atomic mass is 10.2. The van der Waals surface area contributed by atoms with Crippen LogP contribution in [0.5, 0.6) is 0 Å². The highest BCUT2D eigenvalue weighted by molar-refractivity contribution is 5.86. The van der Waals surface area contributed by atoms with Gasteiger partial charge in [-0.15, -0.1) is 0 Å². The van der Waals surface area contributed by atoms with Crippen molar-refractivity contribution < 1.29 is 4.79 Å². The molecule has 28 heavy (non-hydrogen) atoms. The van der Waals surface area contributed by atoms with Crippen LogP contribution in [0.3, 0.4) is 0 Å². The zero-order valence-electron chi connectivity index (χ0n) is 17.8. The number of aliphatic imine (C=N–C) groups is 1. The molecule has 7 heteroatoms. The third kappa shape index (κ3) is 6.11. The van der Waals surface area contributed by atoms with Crippen LogP contribution >= 0.6 is 0 Å². The smallest absolute Gasteiger partial charge is 0.241 e. The predicted octanol–water partition coefficient (Wildman–Crippen LogP) is 2.27. The highest BCUT2D eigenvalue weighted by Crippen LogP contribution is 2.17. The maximum Gasteiger partial charge on any atom is 0.241 e. The van der Waals surface area contributed by atoms with Gasteiger partial charge in [-0.2, -0.15) is 5.10 Å². The van der Waals surface area contributed by atoms with Crippen LogP contribution in [0.25, 0.3) is 5.69 Å². The van der Waals surface area contributed by atoms with E-state index in [0.717, 1.165) is 29.2 Å². The fraction of sp³-hybridized carbons (Fsp3) is 0.476. The quantitative estimate of drug-likeness (QED) is 0.567. The molecule has 0 aliphatic heterocycles. The van der Waals surface area contributed by atoms with E-state index in [1.165, 1.54) is 0 Å². The Morgan fingerprint density at radius 2 is 1.93 bits per heavy atom. The van der Waals surface area contributed by atoms with E-state index in [0.29, 0.717) is 18.4 Å². The van der Waals surface area contributed by atoms with Crippen LogP contribution in [0, 0.1) is 19.8 Å². The van der Waals surface area contributed by atoms with Crippen LogP contribution in [0.4, 0.5) is 0 Å². The summed E-state index contributed by atoms with van der Waals surface area (Å²) in [5.41, 5.74) is 4.16. The molecule has 0 aliphatic rings. The Hall–Kier alpha value is -2.83. The molecule has 0 saturated carbocycles. The van der Waals surface area contributed by atoms with Crippen LogP contribution in [0.1, 0.15) is 30.8 Å². The molecule has 0 saturated heterocycles. The zero-order chi connectivity index (χ0) is 20.7. The molecule has 1 heterocycles. The van der Waals surface area contributed by atoms with Crippen LogP contribution in [-0.2, 0) is 11.3 Å². The van der Waals surface area contributed by atoms with Crippen molar-refractivity contribution in [3.63, 3.8) is 0 Å². The van der Waals surface area contributed by atoms with Gasteiger partial charge >= 0.3 is 0 Å². The molecule has 2 rings (SSSR count). The Labute approximate surface area is 167 Å². The van der Waals surface area contributed by atoms with Crippen molar-refractivity contribution in [2.75, 3.05) is 27.2 Å². The van der Waals surface area contributed by atoms with Crippen molar-refractivity contribution >= 4 is 11.9 Å². The van der Waals surface area contributed by atoms with Gasteiger partial charge in [0, 0.05) is 26.3 Å². The number of likely N-dealkylation sites (N-methyl/N-ethyl adjacent to an activating group) is 1. The number of amides is 1. The summed E-state index contributed by atoms with van der Waals surface area (Å²) in [7, 11) is 3.49. The summed E-state index contributed by atoms with van der Waals surface area (Å²) in [6.45, 7) is 9.77. The molecule has 152 valence electrons. The van der Waals surface area contributed by atoms with Crippen molar-refractivity contribution in [2.24, 2.45) is 10.9 Å². The number of nitrogens with zero attached hydrogens (tertiary/aromatic N) is 4. The molecule has 7 nitrogen and oxygen atoms in total. The Morgan fingerprint density at radius 1 is 1.21 bits per heavy atom. The standard InChI is InChI=1S/C21H32N6O/c1-15(2)12-22-21(24-14-20(28)26(5)6)23-13-18-9-7-8-10-19(18)27-17(4)11-16(3)25-27/h7-11,15H,12-14H2,1-6H3,(H2,22,23,24). The molecule has 2 N–H and O–H groups in total. The molecule has 0 fully saturated rings. The molecule has 0 atom stereocenters. The van der Waals surface area contributed by atoms with E-state index < -0.39 is 0 Å². The van der Waals surface area contributed by atoms with Crippen molar-refractivity contribution in [1.82, 2.24) is 25.3 Å². The molecule has 0 spiro atoms. The Kier molecular flexibility index (Phi) is 7.61. The average molecular weight is 385 g/mol. The summed E-state index contributed by atoms with van der Waals surface area (Å²) in [4.78, 5) is 18.2. The first-order chi connectivity index (χ1) is 13.3. The monoisotopic (exact) mass is 384 g/mol. The van der Waals surface area contributed by atoms with Crippen LogP contribution in [0.2, 0.25) is 0 Å². The molecule has 1 aromatic heterocycles. The summed E-state index contributed by atoms with van der Waals surface area (Å²) in [6.07, 6.45) is 0.